The lowest BCUT2D eigenvalue weighted by Crippen LogP contribution is -2.43. The molecule has 4 nitrogen and oxygen atoms in total. The normalized spacial score (nSPS) is 16.3. The first-order valence-electron chi connectivity index (χ1n) is 7.76. The molecule has 2 amide bonds. The van der Waals surface area contributed by atoms with Crippen molar-refractivity contribution < 1.29 is 9.59 Å². The van der Waals surface area contributed by atoms with E-state index in [0.29, 0.717) is 6.42 Å². The molecule has 1 N–H and O–H groups in total. The number of benzene rings is 1. The number of likely N-dealkylation sites (tertiary alicyclic amines) is 1. The number of hydrogen-bond acceptors (Lipinski definition) is 2. The van der Waals surface area contributed by atoms with Crippen molar-refractivity contribution in [1.29, 1.82) is 0 Å². The zero-order valence-corrected chi connectivity index (χ0v) is 12.7. The van der Waals surface area contributed by atoms with E-state index in [1.54, 1.807) is 0 Å². The van der Waals surface area contributed by atoms with Crippen LogP contribution in [-0.2, 0) is 16.0 Å². The number of hydrogen-bond donors (Lipinski definition) is 1. The summed E-state index contributed by atoms with van der Waals surface area (Å²) in [5.74, 6) is -0.138. The van der Waals surface area contributed by atoms with Crippen LogP contribution in [0.25, 0.3) is 0 Å². The molecule has 21 heavy (non-hydrogen) atoms. The molecule has 0 bridgehead atoms. The summed E-state index contributed by atoms with van der Waals surface area (Å²) in [6.45, 7) is 3.67. The van der Waals surface area contributed by atoms with Crippen LogP contribution in [0.1, 0.15) is 31.7 Å². The minimum Gasteiger partial charge on any atom is -0.347 e. The number of carbonyl (C=O) groups excluding carboxylic acids is 2. The van der Waals surface area contributed by atoms with Gasteiger partial charge in [0, 0.05) is 19.0 Å². The van der Waals surface area contributed by atoms with Gasteiger partial charge in [0.25, 0.3) is 0 Å². The summed E-state index contributed by atoms with van der Waals surface area (Å²) in [6, 6.07) is 9.94. The Hall–Kier alpha value is -1.84. The molecule has 0 aromatic heterocycles. The van der Waals surface area contributed by atoms with Gasteiger partial charge in [0.2, 0.25) is 11.8 Å². The van der Waals surface area contributed by atoms with Gasteiger partial charge in [-0.3, -0.25) is 9.59 Å². The second-order valence-corrected chi connectivity index (χ2v) is 5.75. The monoisotopic (exact) mass is 288 g/mol. The highest BCUT2D eigenvalue weighted by Gasteiger charge is 2.19. The van der Waals surface area contributed by atoms with Gasteiger partial charge in [-0.05, 0) is 31.2 Å². The van der Waals surface area contributed by atoms with E-state index < -0.39 is 0 Å². The van der Waals surface area contributed by atoms with Crippen molar-refractivity contribution in [2.45, 2.75) is 32.6 Å². The van der Waals surface area contributed by atoms with Gasteiger partial charge in [-0.15, -0.1) is 0 Å². The third-order valence-electron chi connectivity index (χ3n) is 3.95. The van der Waals surface area contributed by atoms with Gasteiger partial charge >= 0.3 is 0 Å². The van der Waals surface area contributed by atoms with E-state index >= 15 is 0 Å². The zero-order valence-electron chi connectivity index (χ0n) is 12.7. The SMILES string of the molecule is CC(Cc1ccccc1)C(=O)NCC(=O)N1CCCCC1. The Morgan fingerprint density at radius 2 is 1.81 bits per heavy atom. The van der Waals surface area contributed by atoms with Crippen molar-refractivity contribution in [2.24, 2.45) is 5.92 Å². The predicted octanol–water partition coefficient (Wildman–Crippen LogP) is 1.99. The molecule has 1 atom stereocenters. The fraction of sp³-hybridized carbons (Fsp3) is 0.529. The number of nitrogens with zero attached hydrogens (tertiary/aromatic N) is 1. The van der Waals surface area contributed by atoms with Crippen molar-refractivity contribution in [3.05, 3.63) is 35.9 Å². The molecule has 2 rings (SSSR count). The van der Waals surface area contributed by atoms with E-state index in [4.69, 9.17) is 0 Å². The lowest BCUT2D eigenvalue weighted by molar-refractivity contribution is -0.134. The van der Waals surface area contributed by atoms with E-state index in [2.05, 4.69) is 5.32 Å². The Balaban J connectivity index is 1.74. The highest BCUT2D eigenvalue weighted by molar-refractivity contribution is 5.85. The molecule has 1 heterocycles. The maximum Gasteiger partial charge on any atom is 0.241 e. The van der Waals surface area contributed by atoms with E-state index in [-0.39, 0.29) is 24.3 Å². The summed E-state index contributed by atoms with van der Waals surface area (Å²) in [4.78, 5) is 25.9. The zero-order chi connectivity index (χ0) is 15.1. The second kappa shape index (κ2) is 7.81. The number of rotatable bonds is 5. The van der Waals surface area contributed by atoms with E-state index in [1.165, 1.54) is 6.42 Å². The summed E-state index contributed by atoms with van der Waals surface area (Å²) in [5.41, 5.74) is 1.14. The molecule has 1 aromatic carbocycles. The topological polar surface area (TPSA) is 49.4 Å². The first kappa shape index (κ1) is 15.5. The van der Waals surface area contributed by atoms with Crippen LogP contribution in [0.5, 0.6) is 0 Å². The number of piperidine rings is 1. The van der Waals surface area contributed by atoms with E-state index in [9.17, 15) is 9.59 Å². The summed E-state index contributed by atoms with van der Waals surface area (Å²) >= 11 is 0. The molecule has 0 spiro atoms. The Bertz CT molecular complexity index is 467. The minimum absolute atomic E-state index is 0.0370. The van der Waals surface area contributed by atoms with E-state index in [0.717, 1.165) is 31.5 Å². The van der Waals surface area contributed by atoms with Crippen LogP contribution in [0.2, 0.25) is 0 Å². The van der Waals surface area contributed by atoms with Crippen LogP contribution in [0.3, 0.4) is 0 Å². The van der Waals surface area contributed by atoms with Crippen LogP contribution in [0.4, 0.5) is 0 Å². The minimum atomic E-state index is -0.124. The molecular formula is C17H24N2O2. The molecule has 0 saturated carbocycles. The molecule has 0 aliphatic carbocycles. The highest BCUT2D eigenvalue weighted by Crippen LogP contribution is 2.09. The van der Waals surface area contributed by atoms with E-state index in [1.807, 2.05) is 42.2 Å². The Morgan fingerprint density at radius 3 is 2.48 bits per heavy atom. The van der Waals surface area contributed by atoms with Crippen molar-refractivity contribution in [3.63, 3.8) is 0 Å². The third-order valence-corrected chi connectivity index (χ3v) is 3.95. The number of amides is 2. The summed E-state index contributed by atoms with van der Waals surface area (Å²) in [5, 5.41) is 2.77. The second-order valence-electron chi connectivity index (χ2n) is 5.75. The van der Waals surface area contributed by atoms with Gasteiger partial charge in [-0.2, -0.15) is 0 Å². The number of nitrogens with one attached hydrogen (secondary N) is 1. The van der Waals surface area contributed by atoms with Crippen molar-refractivity contribution in [1.82, 2.24) is 10.2 Å². The molecule has 1 fully saturated rings. The Kier molecular flexibility index (Phi) is 5.78. The summed E-state index contributed by atoms with van der Waals surface area (Å²) in [6.07, 6.45) is 4.04. The molecule has 4 heteroatoms. The molecule has 1 aliphatic rings. The molecule has 1 unspecified atom stereocenters. The van der Waals surface area contributed by atoms with Gasteiger partial charge in [0.05, 0.1) is 6.54 Å². The standard InChI is InChI=1S/C17H24N2O2/c1-14(12-15-8-4-2-5-9-15)17(21)18-13-16(20)19-10-6-3-7-11-19/h2,4-5,8-9,14H,3,6-7,10-13H2,1H3,(H,18,21). The van der Waals surface area contributed by atoms with Crippen molar-refractivity contribution in [3.8, 4) is 0 Å². The third kappa shape index (κ3) is 4.88. The Labute approximate surface area is 126 Å². The molecule has 1 aromatic rings. The fourth-order valence-corrected chi connectivity index (χ4v) is 2.65. The summed E-state index contributed by atoms with van der Waals surface area (Å²) in [7, 11) is 0. The van der Waals surface area contributed by atoms with Gasteiger partial charge < -0.3 is 10.2 Å². The smallest absolute Gasteiger partial charge is 0.241 e. The maximum absolute atomic E-state index is 12.1. The van der Waals surface area contributed by atoms with Gasteiger partial charge in [-0.25, -0.2) is 0 Å². The number of carbonyl (C=O) groups is 2. The first-order chi connectivity index (χ1) is 10.2. The molecule has 0 radical (unpaired) electrons. The highest BCUT2D eigenvalue weighted by atomic mass is 16.2. The average molecular weight is 288 g/mol. The lowest BCUT2D eigenvalue weighted by atomic mass is 10.0. The molecule has 114 valence electrons. The lowest BCUT2D eigenvalue weighted by Gasteiger charge is -2.27. The summed E-state index contributed by atoms with van der Waals surface area (Å²) < 4.78 is 0. The predicted molar refractivity (Wildman–Crippen MR) is 82.8 cm³/mol. The van der Waals surface area contributed by atoms with Crippen LogP contribution >= 0.6 is 0 Å². The van der Waals surface area contributed by atoms with Gasteiger partial charge in [0.15, 0.2) is 0 Å². The van der Waals surface area contributed by atoms with Crippen molar-refractivity contribution >= 4 is 11.8 Å². The van der Waals surface area contributed by atoms with Gasteiger partial charge in [-0.1, -0.05) is 37.3 Å². The molecular weight excluding hydrogens is 264 g/mol. The van der Waals surface area contributed by atoms with Crippen molar-refractivity contribution in [2.75, 3.05) is 19.6 Å². The van der Waals surface area contributed by atoms with Crippen LogP contribution in [-0.4, -0.2) is 36.3 Å². The first-order valence-corrected chi connectivity index (χ1v) is 7.76. The molecule has 1 aliphatic heterocycles. The van der Waals surface area contributed by atoms with Crippen LogP contribution in [0, 0.1) is 5.92 Å². The van der Waals surface area contributed by atoms with Crippen LogP contribution < -0.4 is 5.32 Å². The molecule has 1 saturated heterocycles. The fourth-order valence-electron chi connectivity index (χ4n) is 2.65. The quantitative estimate of drug-likeness (QED) is 0.901. The average Bonchev–Trinajstić information content (AvgIpc) is 2.54. The maximum atomic E-state index is 12.1. The Morgan fingerprint density at radius 1 is 1.14 bits per heavy atom. The van der Waals surface area contributed by atoms with Crippen LogP contribution in [0.15, 0.2) is 30.3 Å². The largest absolute Gasteiger partial charge is 0.347 e. The van der Waals surface area contributed by atoms with Gasteiger partial charge in [0.1, 0.15) is 0 Å².